The van der Waals surface area contributed by atoms with E-state index in [1.54, 1.807) is 0 Å². The van der Waals surface area contributed by atoms with Crippen molar-refractivity contribution in [3.8, 4) is 0 Å². The summed E-state index contributed by atoms with van der Waals surface area (Å²) in [6, 6.07) is 0. The van der Waals surface area contributed by atoms with Crippen molar-refractivity contribution in [3.63, 3.8) is 0 Å². The first kappa shape index (κ1) is 17.0. The lowest BCUT2D eigenvalue weighted by Crippen LogP contribution is -2.55. The van der Waals surface area contributed by atoms with Gasteiger partial charge in [0.2, 0.25) is 0 Å². The molecule has 0 spiro atoms. The van der Waals surface area contributed by atoms with E-state index in [1.807, 2.05) is 0 Å². The van der Waals surface area contributed by atoms with Crippen LogP contribution >= 0.6 is 0 Å². The number of carbonyl (C=O) groups excluding carboxylic acids is 1. The summed E-state index contributed by atoms with van der Waals surface area (Å²) < 4.78 is 90.9. The van der Waals surface area contributed by atoms with E-state index in [1.165, 1.54) is 6.92 Å². The van der Waals surface area contributed by atoms with Crippen molar-refractivity contribution in [1.29, 1.82) is 0 Å². The molecule has 0 aliphatic rings. The number of rotatable bonds is 5. The van der Waals surface area contributed by atoms with Crippen LogP contribution in [0.2, 0.25) is 0 Å². The van der Waals surface area contributed by atoms with E-state index in [4.69, 9.17) is 0 Å². The van der Waals surface area contributed by atoms with Gasteiger partial charge in [0.1, 0.15) is 0 Å². The Balaban J connectivity index is 4.97. The van der Waals surface area contributed by atoms with Crippen molar-refractivity contribution in [2.75, 3.05) is 6.61 Å². The first-order valence-electron chi connectivity index (χ1n) is 4.85. The molecule has 0 bridgehead atoms. The Bertz CT molecular complexity index is 298. The van der Waals surface area contributed by atoms with Gasteiger partial charge in [-0.2, -0.15) is 30.7 Å². The lowest BCUT2D eigenvalue weighted by Gasteiger charge is -2.31. The molecule has 1 atom stereocenters. The average Bonchev–Trinajstić information content (AvgIpc) is 2.15. The first-order valence-corrected chi connectivity index (χ1v) is 4.85. The van der Waals surface area contributed by atoms with E-state index < -0.39 is 36.3 Å². The fourth-order valence-corrected chi connectivity index (χ4v) is 1.10. The number of esters is 1. The van der Waals surface area contributed by atoms with E-state index in [0.717, 1.165) is 0 Å². The molecule has 0 fully saturated rings. The molecule has 1 unspecified atom stereocenters. The molecule has 0 aliphatic carbocycles. The summed E-state index contributed by atoms with van der Waals surface area (Å²) in [7, 11) is 0. The summed E-state index contributed by atoms with van der Waals surface area (Å²) in [6.07, 6.45) is -7.62. The van der Waals surface area contributed by atoms with Gasteiger partial charge in [-0.15, -0.1) is 0 Å². The van der Waals surface area contributed by atoms with Crippen molar-refractivity contribution < 1.29 is 40.3 Å². The van der Waals surface area contributed by atoms with E-state index in [0.29, 0.717) is 6.92 Å². The normalized spacial score (nSPS) is 15.4. The topological polar surface area (TPSA) is 26.3 Å². The largest absolute Gasteiger partial charge is 0.466 e. The van der Waals surface area contributed by atoms with E-state index in [2.05, 4.69) is 4.74 Å². The molecule has 0 radical (unpaired) electrons. The predicted molar refractivity (Wildman–Crippen MR) is 46.4 cm³/mol. The van der Waals surface area contributed by atoms with Crippen LogP contribution in [0.25, 0.3) is 0 Å². The number of hydrogen-bond acceptors (Lipinski definition) is 2. The van der Waals surface area contributed by atoms with Gasteiger partial charge in [-0.05, 0) is 6.92 Å². The van der Waals surface area contributed by atoms with Gasteiger partial charge < -0.3 is 4.74 Å². The molecular weight excluding hydrogens is 273 g/mol. The van der Waals surface area contributed by atoms with Crippen LogP contribution in [0.4, 0.5) is 30.7 Å². The van der Waals surface area contributed by atoms with Crippen LogP contribution in [0.15, 0.2) is 0 Å². The van der Waals surface area contributed by atoms with Crippen LogP contribution in [0.3, 0.4) is 0 Å². The van der Waals surface area contributed by atoms with Crippen LogP contribution in [0.5, 0.6) is 0 Å². The summed E-state index contributed by atoms with van der Waals surface area (Å²) in [5.74, 6) is -15.4. The van der Waals surface area contributed by atoms with Crippen LogP contribution in [0.1, 0.15) is 20.3 Å². The third-order valence-electron chi connectivity index (χ3n) is 2.17. The molecule has 0 rings (SSSR count). The minimum Gasteiger partial charge on any atom is -0.466 e. The Morgan fingerprint density at radius 1 is 1.11 bits per heavy atom. The third kappa shape index (κ3) is 3.26. The second kappa shape index (κ2) is 5.31. The molecule has 9 heteroatoms. The number of halogens is 7. The summed E-state index contributed by atoms with van der Waals surface area (Å²) >= 11 is 0. The molecule has 0 aromatic rings. The zero-order valence-corrected chi connectivity index (χ0v) is 9.45. The fourth-order valence-electron chi connectivity index (χ4n) is 1.10. The van der Waals surface area contributed by atoms with E-state index in [9.17, 15) is 35.5 Å². The number of alkyl halides is 7. The summed E-state index contributed by atoms with van der Waals surface area (Å²) in [5, 5.41) is 0. The average molecular weight is 284 g/mol. The highest BCUT2D eigenvalue weighted by molar-refractivity contribution is 5.69. The second-order valence-electron chi connectivity index (χ2n) is 3.61. The van der Waals surface area contributed by atoms with Gasteiger partial charge in [0.25, 0.3) is 0 Å². The molecule has 108 valence electrons. The van der Waals surface area contributed by atoms with Crippen LogP contribution in [-0.2, 0) is 9.53 Å². The Morgan fingerprint density at radius 2 is 1.56 bits per heavy atom. The van der Waals surface area contributed by atoms with Crippen molar-refractivity contribution in [2.45, 2.75) is 38.3 Å². The standard InChI is InChI=1S/C9H11F7O2/c1-3-18-6(17)4-5(2)7(10,11)8(12,13)9(14,15)16/h5H,3-4H2,1-2H3. The van der Waals surface area contributed by atoms with Crippen LogP contribution < -0.4 is 0 Å². The highest BCUT2D eigenvalue weighted by atomic mass is 19.4. The predicted octanol–water partition coefficient (Wildman–Crippen LogP) is 3.41. The summed E-state index contributed by atoms with van der Waals surface area (Å²) in [5.41, 5.74) is 0. The van der Waals surface area contributed by atoms with Crippen molar-refractivity contribution in [1.82, 2.24) is 0 Å². The van der Waals surface area contributed by atoms with Crippen molar-refractivity contribution in [3.05, 3.63) is 0 Å². The minimum atomic E-state index is -6.39. The maximum absolute atomic E-state index is 13.0. The Kier molecular flexibility index (Phi) is 5.01. The molecule has 0 N–H and O–H groups in total. The number of carbonyl (C=O) groups is 1. The molecule has 0 aromatic carbocycles. The molecular formula is C9H11F7O2. The van der Waals surface area contributed by atoms with Crippen LogP contribution in [0, 0.1) is 5.92 Å². The highest BCUT2D eigenvalue weighted by Gasteiger charge is 2.74. The van der Waals surface area contributed by atoms with Gasteiger partial charge in [0.15, 0.2) is 0 Å². The second-order valence-corrected chi connectivity index (χ2v) is 3.61. The smallest absolute Gasteiger partial charge is 0.459 e. The Hall–Kier alpha value is -1.02. The SMILES string of the molecule is CCOC(=O)CC(C)C(F)(F)C(F)(F)C(F)(F)F. The van der Waals surface area contributed by atoms with Gasteiger partial charge in [-0.3, -0.25) is 4.79 Å². The number of ether oxygens (including phenoxy) is 1. The van der Waals surface area contributed by atoms with Crippen molar-refractivity contribution >= 4 is 5.97 Å². The monoisotopic (exact) mass is 284 g/mol. The summed E-state index contributed by atoms with van der Waals surface area (Å²) in [6.45, 7) is 1.58. The quantitative estimate of drug-likeness (QED) is 0.571. The number of hydrogen-bond donors (Lipinski definition) is 0. The third-order valence-corrected chi connectivity index (χ3v) is 2.17. The van der Waals surface area contributed by atoms with E-state index in [-0.39, 0.29) is 6.61 Å². The van der Waals surface area contributed by atoms with Gasteiger partial charge in [-0.1, -0.05) is 6.92 Å². The fraction of sp³-hybridized carbons (Fsp3) is 0.889. The van der Waals surface area contributed by atoms with Gasteiger partial charge in [0.05, 0.1) is 13.0 Å². The molecule has 2 nitrogen and oxygen atoms in total. The Labute approximate surface area is 98.1 Å². The molecule has 0 saturated carbocycles. The maximum atomic E-state index is 13.0. The molecule has 0 aliphatic heterocycles. The van der Waals surface area contributed by atoms with Gasteiger partial charge in [-0.25, -0.2) is 0 Å². The Morgan fingerprint density at radius 3 is 1.89 bits per heavy atom. The molecule has 0 heterocycles. The molecule has 18 heavy (non-hydrogen) atoms. The molecule has 0 aromatic heterocycles. The van der Waals surface area contributed by atoms with Crippen molar-refractivity contribution in [2.24, 2.45) is 5.92 Å². The zero-order valence-electron chi connectivity index (χ0n) is 9.45. The lowest BCUT2D eigenvalue weighted by molar-refractivity contribution is -0.364. The lowest BCUT2D eigenvalue weighted by atomic mass is 9.94. The summed E-state index contributed by atoms with van der Waals surface area (Å²) in [4.78, 5) is 10.8. The molecule has 0 amide bonds. The van der Waals surface area contributed by atoms with Crippen LogP contribution in [-0.4, -0.2) is 30.6 Å². The van der Waals surface area contributed by atoms with E-state index >= 15 is 0 Å². The highest BCUT2D eigenvalue weighted by Crippen LogP contribution is 2.50. The maximum Gasteiger partial charge on any atom is 0.459 e. The zero-order chi connectivity index (χ0) is 14.8. The first-order chi connectivity index (χ1) is 7.88. The van der Waals surface area contributed by atoms with Gasteiger partial charge >= 0.3 is 24.0 Å². The van der Waals surface area contributed by atoms with Gasteiger partial charge in [0, 0.05) is 5.92 Å². The molecule has 0 saturated heterocycles. The minimum absolute atomic E-state index is 0.188.